The van der Waals surface area contributed by atoms with Crippen LogP contribution >= 0.6 is 0 Å². The maximum Gasteiger partial charge on any atom is 0.251 e. The van der Waals surface area contributed by atoms with Crippen LogP contribution in [0.4, 0.5) is 23.1 Å². The first-order valence-corrected chi connectivity index (χ1v) is 13.8. The maximum atomic E-state index is 12.9. The minimum atomic E-state index is -0.0958. The lowest BCUT2D eigenvalue weighted by molar-refractivity contribution is -0.118. The molecular weight excluding hydrogens is 482 g/mol. The van der Waals surface area contributed by atoms with Gasteiger partial charge < -0.3 is 30.1 Å². The van der Waals surface area contributed by atoms with Crippen LogP contribution < -0.4 is 25.2 Å². The van der Waals surface area contributed by atoms with Gasteiger partial charge in [-0.05, 0) is 64.0 Å². The lowest BCUT2D eigenvalue weighted by atomic mass is 9.94. The standard InChI is InChI=1S/C28H39N7O3/c1-33-14-11-20(12-15-33)30-27(37)19-9-10-22(24(17-19)38-3)31-28-29-18-23-26(32-28)35(16-13-25(36)34(23)2)21-7-5-4-6-8-21/h9-10,17-18,20-21H,4-8,11-16H2,1-3H3,(H,30,37)(H,29,31,32). The number of aromatic nitrogens is 2. The zero-order valence-electron chi connectivity index (χ0n) is 22.7. The lowest BCUT2D eigenvalue weighted by Crippen LogP contribution is -2.43. The largest absolute Gasteiger partial charge is 0.495 e. The Kier molecular flexibility index (Phi) is 7.97. The highest BCUT2D eigenvalue weighted by Gasteiger charge is 2.31. The van der Waals surface area contributed by atoms with Gasteiger partial charge in [0.1, 0.15) is 11.4 Å². The van der Waals surface area contributed by atoms with E-state index >= 15 is 0 Å². The number of ether oxygens (including phenoxy) is 1. The van der Waals surface area contributed by atoms with Gasteiger partial charge in [0, 0.05) is 37.7 Å². The highest BCUT2D eigenvalue weighted by molar-refractivity contribution is 5.97. The molecule has 38 heavy (non-hydrogen) atoms. The molecule has 0 radical (unpaired) electrons. The molecular formula is C28H39N7O3. The first kappa shape index (κ1) is 26.2. The maximum absolute atomic E-state index is 12.9. The van der Waals surface area contributed by atoms with Crippen LogP contribution in [0.1, 0.15) is 61.7 Å². The molecule has 5 rings (SSSR count). The quantitative estimate of drug-likeness (QED) is 0.595. The van der Waals surface area contributed by atoms with E-state index in [0.717, 1.165) is 50.3 Å². The number of piperidine rings is 1. The van der Waals surface area contributed by atoms with Crippen molar-refractivity contribution in [2.45, 2.75) is 63.5 Å². The molecule has 0 atom stereocenters. The first-order valence-electron chi connectivity index (χ1n) is 13.8. The average molecular weight is 522 g/mol. The Labute approximate surface area is 224 Å². The summed E-state index contributed by atoms with van der Waals surface area (Å²) in [5.74, 6) is 1.73. The van der Waals surface area contributed by atoms with Gasteiger partial charge >= 0.3 is 0 Å². The van der Waals surface area contributed by atoms with Crippen LogP contribution in [0.5, 0.6) is 5.75 Å². The summed E-state index contributed by atoms with van der Waals surface area (Å²) in [5, 5.41) is 6.44. The molecule has 1 saturated carbocycles. The molecule has 204 valence electrons. The second-order valence-electron chi connectivity index (χ2n) is 10.7. The third-order valence-electron chi connectivity index (χ3n) is 8.10. The molecule has 0 spiro atoms. The van der Waals surface area contributed by atoms with Crippen LogP contribution in [0.2, 0.25) is 0 Å². The van der Waals surface area contributed by atoms with Crippen LogP contribution in [0, 0.1) is 0 Å². The number of carbonyl (C=O) groups excluding carboxylic acids is 2. The molecule has 0 unspecified atom stereocenters. The number of nitrogens with one attached hydrogen (secondary N) is 2. The van der Waals surface area contributed by atoms with Crippen molar-refractivity contribution in [3.05, 3.63) is 30.0 Å². The number of fused-ring (bicyclic) bond motifs is 1. The summed E-state index contributed by atoms with van der Waals surface area (Å²) in [6.45, 7) is 2.63. The number of anilines is 4. The van der Waals surface area contributed by atoms with Crippen molar-refractivity contribution < 1.29 is 14.3 Å². The second kappa shape index (κ2) is 11.6. The summed E-state index contributed by atoms with van der Waals surface area (Å²) in [6.07, 6.45) is 9.97. The molecule has 2 aliphatic heterocycles. The van der Waals surface area contributed by atoms with E-state index < -0.39 is 0 Å². The van der Waals surface area contributed by atoms with E-state index in [1.165, 1.54) is 19.3 Å². The van der Waals surface area contributed by atoms with Gasteiger partial charge in [-0.1, -0.05) is 19.3 Å². The van der Waals surface area contributed by atoms with Crippen molar-refractivity contribution in [1.29, 1.82) is 0 Å². The van der Waals surface area contributed by atoms with Gasteiger partial charge in [0.05, 0.1) is 19.0 Å². The van der Waals surface area contributed by atoms with Crippen molar-refractivity contribution in [1.82, 2.24) is 20.2 Å². The molecule has 10 heteroatoms. The van der Waals surface area contributed by atoms with Crippen LogP contribution in [-0.2, 0) is 4.79 Å². The first-order chi connectivity index (χ1) is 18.4. The summed E-state index contributed by atoms with van der Waals surface area (Å²) < 4.78 is 5.62. The van der Waals surface area contributed by atoms with Gasteiger partial charge in [0.2, 0.25) is 11.9 Å². The van der Waals surface area contributed by atoms with Gasteiger partial charge in [0.25, 0.3) is 5.91 Å². The number of benzene rings is 1. The van der Waals surface area contributed by atoms with Crippen molar-refractivity contribution in [2.75, 3.05) is 56.0 Å². The topological polar surface area (TPSA) is 103 Å². The number of nitrogens with zero attached hydrogens (tertiary/aromatic N) is 5. The Morgan fingerprint density at radius 3 is 2.55 bits per heavy atom. The SMILES string of the molecule is COc1cc(C(=O)NC2CCN(C)CC2)ccc1Nc1ncc2c(n1)N(C1CCCCC1)CCC(=O)N2C. The Bertz CT molecular complexity index is 1160. The number of hydrogen-bond donors (Lipinski definition) is 2. The summed E-state index contributed by atoms with van der Waals surface area (Å²) in [4.78, 5) is 41.2. The Hall–Kier alpha value is -3.40. The zero-order valence-corrected chi connectivity index (χ0v) is 22.7. The molecule has 1 aromatic carbocycles. The van der Waals surface area contributed by atoms with E-state index in [-0.39, 0.29) is 17.9 Å². The van der Waals surface area contributed by atoms with Crippen LogP contribution in [0.25, 0.3) is 0 Å². The zero-order chi connectivity index (χ0) is 26.6. The molecule has 10 nitrogen and oxygen atoms in total. The minimum absolute atomic E-state index is 0.0738. The van der Waals surface area contributed by atoms with Crippen molar-refractivity contribution >= 4 is 35.0 Å². The molecule has 1 saturated heterocycles. The predicted molar refractivity (Wildman–Crippen MR) is 149 cm³/mol. The van der Waals surface area contributed by atoms with E-state index in [4.69, 9.17) is 9.72 Å². The number of rotatable bonds is 6. The van der Waals surface area contributed by atoms with E-state index in [1.54, 1.807) is 37.4 Å². The molecule has 2 amide bonds. The Morgan fingerprint density at radius 2 is 1.82 bits per heavy atom. The monoisotopic (exact) mass is 521 g/mol. The number of hydrogen-bond acceptors (Lipinski definition) is 8. The molecule has 3 aliphatic rings. The van der Waals surface area contributed by atoms with Crippen molar-refractivity contribution in [3.8, 4) is 5.75 Å². The van der Waals surface area contributed by atoms with Gasteiger partial charge in [-0.15, -0.1) is 0 Å². The van der Waals surface area contributed by atoms with E-state index in [1.807, 2.05) is 6.07 Å². The highest BCUT2D eigenvalue weighted by Crippen LogP contribution is 2.36. The molecule has 2 N–H and O–H groups in total. The lowest BCUT2D eigenvalue weighted by Gasteiger charge is -2.35. The van der Waals surface area contributed by atoms with E-state index in [2.05, 4.69) is 32.5 Å². The van der Waals surface area contributed by atoms with E-state index in [9.17, 15) is 9.59 Å². The third-order valence-corrected chi connectivity index (χ3v) is 8.10. The normalized spacial score (nSPS) is 19.6. The minimum Gasteiger partial charge on any atom is -0.495 e. The summed E-state index contributed by atoms with van der Waals surface area (Å²) in [5.41, 5.74) is 1.96. The number of carbonyl (C=O) groups is 2. The van der Waals surface area contributed by atoms with Crippen LogP contribution in [0.3, 0.4) is 0 Å². The fourth-order valence-corrected chi connectivity index (χ4v) is 5.72. The molecule has 2 fully saturated rings. The smallest absolute Gasteiger partial charge is 0.251 e. The third kappa shape index (κ3) is 5.70. The summed E-state index contributed by atoms with van der Waals surface area (Å²) in [7, 11) is 5.48. The second-order valence-corrected chi connectivity index (χ2v) is 10.7. The highest BCUT2D eigenvalue weighted by atomic mass is 16.5. The fourth-order valence-electron chi connectivity index (χ4n) is 5.72. The average Bonchev–Trinajstić information content (AvgIpc) is 3.06. The molecule has 1 aromatic heterocycles. The van der Waals surface area contributed by atoms with E-state index in [0.29, 0.717) is 42.0 Å². The van der Waals surface area contributed by atoms with Crippen molar-refractivity contribution in [3.63, 3.8) is 0 Å². The number of amides is 2. The molecule has 2 aromatic rings. The Morgan fingerprint density at radius 1 is 1.05 bits per heavy atom. The Balaban J connectivity index is 1.36. The number of methoxy groups -OCH3 is 1. The predicted octanol–water partition coefficient (Wildman–Crippen LogP) is 3.56. The molecule has 1 aliphatic carbocycles. The van der Waals surface area contributed by atoms with Gasteiger partial charge in [-0.3, -0.25) is 9.59 Å². The van der Waals surface area contributed by atoms with Gasteiger partial charge in [-0.25, -0.2) is 4.98 Å². The molecule has 0 bridgehead atoms. The van der Waals surface area contributed by atoms with Crippen LogP contribution in [0.15, 0.2) is 24.4 Å². The summed E-state index contributed by atoms with van der Waals surface area (Å²) in [6, 6.07) is 5.93. The summed E-state index contributed by atoms with van der Waals surface area (Å²) >= 11 is 0. The van der Waals surface area contributed by atoms with Gasteiger partial charge in [-0.2, -0.15) is 4.98 Å². The number of likely N-dealkylation sites (tertiary alicyclic amines) is 1. The van der Waals surface area contributed by atoms with Crippen LogP contribution in [-0.4, -0.2) is 79.6 Å². The fraction of sp³-hybridized carbons (Fsp3) is 0.571. The van der Waals surface area contributed by atoms with Gasteiger partial charge in [0.15, 0.2) is 5.82 Å². The molecule has 3 heterocycles. The van der Waals surface area contributed by atoms with Crippen molar-refractivity contribution in [2.24, 2.45) is 0 Å².